The third kappa shape index (κ3) is 2.86. The summed E-state index contributed by atoms with van der Waals surface area (Å²) in [5.74, 6) is 0.991. The van der Waals surface area contributed by atoms with E-state index in [9.17, 15) is 15.3 Å². The molecule has 4 rings (SSSR count). The largest absolute Gasteiger partial charge is 0.508 e. The second-order valence-electron chi connectivity index (χ2n) is 5.88. The molecule has 1 aromatic heterocycles. The van der Waals surface area contributed by atoms with Crippen LogP contribution in [0, 0.1) is 0 Å². The van der Waals surface area contributed by atoms with Crippen LogP contribution in [-0.2, 0) is 0 Å². The minimum absolute atomic E-state index is 0.133. The van der Waals surface area contributed by atoms with Gasteiger partial charge in [-0.3, -0.25) is 0 Å². The van der Waals surface area contributed by atoms with Crippen LogP contribution in [0.15, 0.2) is 77.3 Å². The van der Waals surface area contributed by atoms with Gasteiger partial charge >= 0.3 is 0 Å². The van der Waals surface area contributed by atoms with Crippen molar-refractivity contribution in [2.24, 2.45) is 0 Å². The number of phenolic OH excluding ortho intramolecular Hbond substituents is 3. The Morgan fingerprint density at radius 3 is 1.85 bits per heavy atom. The van der Waals surface area contributed by atoms with Crippen LogP contribution in [-0.4, -0.2) is 20.5 Å². The summed E-state index contributed by atoms with van der Waals surface area (Å²) >= 11 is 0. The highest BCUT2D eigenvalue weighted by Crippen LogP contribution is 2.41. The van der Waals surface area contributed by atoms with Crippen LogP contribution in [0.25, 0.3) is 33.7 Å². The first-order valence-electron chi connectivity index (χ1n) is 8.00. The molecule has 1 heterocycles. The predicted octanol–water partition coefficient (Wildman–Crippen LogP) is 4.79. The molecular formula is C21H15NO4. The second kappa shape index (κ2) is 6.29. The molecule has 0 aliphatic rings. The van der Waals surface area contributed by atoms with E-state index in [0.717, 1.165) is 16.7 Å². The molecule has 3 N–H and O–H groups in total. The lowest BCUT2D eigenvalue weighted by molar-refractivity contribution is 0.435. The van der Waals surface area contributed by atoms with Crippen LogP contribution in [0.1, 0.15) is 0 Å². The highest BCUT2D eigenvalue weighted by molar-refractivity contribution is 5.90. The van der Waals surface area contributed by atoms with Crippen molar-refractivity contribution >= 4 is 0 Å². The van der Waals surface area contributed by atoms with E-state index in [4.69, 9.17) is 4.52 Å². The Kier molecular flexibility index (Phi) is 3.82. The van der Waals surface area contributed by atoms with Gasteiger partial charge in [-0.05, 0) is 54.1 Å². The first-order chi connectivity index (χ1) is 12.6. The van der Waals surface area contributed by atoms with Gasteiger partial charge in [-0.25, -0.2) is 0 Å². The average Bonchev–Trinajstić information content (AvgIpc) is 3.08. The van der Waals surface area contributed by atoms with Crippen molar-refractivity contribution in [3.63, 3.8) is 0 Å². The fourth-order valence-electron chi connectivity index (χ4n) is 2.85. The van der Waals surface area contributed by atoms with Crippen molar-refractivity contribution in [2.45, 2.75) is 0 Å². The topological polar surface area (TPSA) is 86.7 Å². The minimum atomic E-state index is 0.133. The Hall–Kier alpha value is -3.73. The van der Waals surface area contributed by atoms with Crippen molar-refractivity contribution in [3.05, 3.63) is 72.8 Å². The molecule has 0 unspecified atom stereocenters. The third-order valence-electron chi connectivity index (χ3n) is 4.10. The lowest BCUT2D eigenvalue weighted by Crippen LogP contribution is -1.85. The Bertz CT molecular complexity index is 1050. The highest BCUT2D eigenvalue weighted by Gasteiger charge is 2.21. The fraction of sp³-hybridized carbons (Fsp3) is 0. The number of nitrogens with zero attached hydrogens (tertiary/aromatic N) is 1. The van der Waals surface area contributed by atoms with E-state index in [1.807, 2.05) is 6.07 Å². The molecule has 0 fully saturated rings. The van der Waals surface area contributed by atoms with E-state index in [1.165, 1.54) is 0 Å². The molecule has 0 spiro atoms. The molecule has 4 aromatic rings. The number of aromatic hydroxyl groups is 3. The van der Waals surface area contributed by atoms with Crippen LogP contribution < -0.4 is 0 Å². The van der Waals surface area contributed by atoms with Crippen LogP contribution in [0.2, 0.25) is 0 Å². The van der Waals surface area contributed by atoms with E-state index in [1.54, 1.807) is 66.7 Å². The van der Waals surface area contributed by atoms with Gasteiger partial charge in [0.1, 0.15) is 22.9 Å². The summed E-state index contributed by atoms with van der Waals surface area (Å²) < 4.78 is 5.62. The molecule has 0 aliphatic heterocycles. The Labute approximate surface area is 149 Å². The summed E-state index contributed by atoms with van der Waals surface area (Å²) in [6, 6.07) is 20.1. The number of rotatable bonds is 3. The Morgan fingerprint density at radius 2 is 1.23 bits per heavy atom. The number of benzene rings is 3. The molecule has 5 heteroatoms. The monoisotopic (exact) mass is 345 g/mol. The summed E-state index contributed by atoms with van der Waals surface area (Å²) in [6.45, 7) is 0. The molecule has 0 bridgehead atoms. The van der Waals surface area contributed by atoms with Crippen molar-refractivity contribution in [2.75, 3.05) is 0 Å². The van der Waals surface area contributed by atoms with Gasteiger partial charge in [-0.2, -0.15) is 0 Å². The number of aromatic nitrogens is 1. The maximum atomic E-state index is 9.81. The van der Waals surface area contributed by atoms with Gasteiger partial charge < -0.3 is 19.8 Å². The molecule has 0 radical (unpaired) electrons. The van der Waals surface area contributed by atoms with Gasteiger partial charge in [0.15, 0.2) is 5.76 Å². The highest BCUT2D eigenvalue weighted by atomic mass is 16.5. The lowest BCUT2D eigenvalue weighted by atomic mass is 9.96. The van der Waals surface area contributed by atoms with Gasteiger partial charge in [0.2, 0.25) is 0 Å². The molecule has 0 aliphatic carbocycles. The molecular weight excluding hydrogens is 330 g/mol. The van der Waals surface area contributed by atoms with Gasteiger partial charge in [0.05, 0.1) is 5.56 Å². The fourth-order valence-corrected chi connectivity index (χ4v) is 2.85. The molecule has 0 atom stereocenters. The first kappa shape index (κ1) is 15.8. The van der Waals surface area contributed by atoms with E-state index >= 15 is 0 Å². The van der Waals surface area contributed by atoms with Crippen molar-refractivity contribution < 1.29 is 19.8 Å². The maximum absolute atomic E-state index is 9.81. The van der Waals surface area contributed by atoms with Crippen molar-refractivity contribution in [1.82, 2.24) is 5.16 Å². The summed E-state index contributed by atoms with van der Waals surface area (Å²) in [4.78, 5) is 0. The van der Waals surface area contributed by atoms with Crippen molar-refractivity contribution in [3.8, 4) is 51.0 Å². The number of hydrogen-bond donors (Lipinski definition) is 3. The molecule has 0 saturated carbocycles. The smallest absolute Gasteiger partial charge is 0.175 e. The maximum Gasteiger partial charge on any atom is 0.175 e. The molecule has 26 heavy (non-hydrogen) atoms. The van der Waals surface area contributed by atoms with Crippen molar-refractivity contribution in [1.29, 1.82) is 0 Å². The van der Waals surface area contributed by atoms with E-state index in [0.29, 0.717) is 17.0 Å². The lowest BCUT2D eigenvalue weighted by Gasteiger charge is -2.06. The number of phenols is 3. The molecule has 128 valence electrons. The SMILES string of the molecule is Oc1ccc(-c2onc(-c3cccc(O)c3)c2-c2ccc(O)cc2)cc1. The quantitative estimate of drug-likeness (QED) is 0.497. The molecule has 3 aromatic carbocycles. The van der Waals surface area contributed by atoms with Crippen LogP contribution in [0.4, 0.5) is 0 Å². The second-order valence-corrected chi connectivity index (χ2v) is 5.88. The molecule has 5 nitrogen and oxygen atoms in total. The Balaban J connectivity index is 1.95. The summed E-state index contributed by atoms with van der Waals surface area (Å²) in [5, 5.41) is 33.1. The predicted molar refractivity (Wildman–Crippen MR) is 97.8 cm³/mol. The van der Waals surface area contributed by atoms with Gasteiger partial charge in [0.25, 0.3) is 0 Å². The minimum Gasteiger partial charge on any atom is -0.508 e. The summed E-state index contributed by atoms with van der Waals surface area (Å²) in [6.07, 6.45) is 0. The summed E-state index contributed by atoms with van der Waals surface area (Å²) in [5.41, 5.74) is 3.59. The zero-order chi connectivity index (χ0) is 18.1. The molecule has 0 saturated heterocycles. The van der Waals surface area contributed by atoms with Gasteiger partial charge in [-0.15, -0.1) is 0 Å². The third-order valence-corrected chi connectivity index (χ3v) is 4.10. The van der Waals surface area contributed by atoms with Gasteiger partial charge in [-0.1, -0.05) is 29.4 Å². The molecule has 0 amide bonds. The first-order valence-corrected chi connectivity index (χ1v) is 8.00. The van der Waals surface area contributed by atoms with Gasteiger partial charge in [0, 0.05) is 11.1 Å². The van der Waals surface area contributed by atoms with Crippen LogP contribution in [0.3, 0.4) is 0 Å². The van der Waals surface area contributed by atoms with Crippen LogP contribution >= 0.6 is 0 Å². The van der Waals surface area contributed by atoms with E-state index in [2.05, 4.69) is 5.16 Å². The Morgan fingerprint density at radius 1 is 0.615 bits per heavy atom. The van der Waals surface area contributed by atoms with Crippen LogP contribution in [0.5, 0.6) is 17.2 Å². The standard InChI is InChI=1S/C21H15NO4/c23-16-8-4-13(5-9-16)19-20(15-2-1-3-18(25)12-15)22-26-21(19)14-6-10-17(24)11-7-14/h1-12,23-25H. The number of hydrogen-bond acceptors (Lipinski definition) is 5. The normalized spacial score (nSPS) is 10.8. The zero-order valence-electron chi connectivity index (χ0n) is 13.6. The van der Waals surface area contributed by atoms with E-state index < -0.39 is 0 Å². The zero-order valence-corrected chi connectivity index (χ0v) is 13.6. The van der Waals surface area contributed by atoms with E-state index in [-0.39, 0.29) is 17.2 Å². The summed E-state index contributed by atoms with van der Waals surface area (Å²) in [7, 11) is 0. The average molecular weight is 345 g/mol.